The molecule has 92 valence electrons. The fourth-order valence-electron chi connectivity index (χ4n) is 5.20. The van der Waals surface area contributed by atoms with Gasteiger partial charge in [-0.25, -0.2) is 0 Å². The molecule has 0 aromatic heterocycles. The molecular formula is C14H24BrN. The monoisotopic (exact) mass is 285 g/mol. The molecule has 0 aromatic rings. The lowest BCUT2D eigenvalue weighted by Crippen LogP contribution is -2.55. The molecular weight excluding hydrogens is 262 g/mol. The van der Waals surface area contributed by atoms with Crippen molar-refractivity contribution in [2.75, 3.05) is 11.9 Å². The molecule has 0 amide bonds. The number of nitrogens with one attached hydrogen (secondary N) is 1. The summed E-state index contributed by atoms with van der Waals surface area (Å²) in [5.41, 5.74) is 0.678. The Hall–Kier alpha value is 0.440. The molecule has 4 fully saturated rings. The quantitative estimate of drug-likeness (QED) is 0.779. The lowest BCUT2D eigenvalue weighted by atomic mass is 9.48. The van der Waals surface area contributed by atoms with Gasteiger partial charge in [-0.2, -0.15) is 0 Å². The summed E-state index contributed by atoms with van der Waals surface area (Å²) in [6.07, 6.45) is 9.25. The van der Waals surface area contributed by atoms with Gasteiger partial charge in [0.2, 0.25) is 0 Å². The molecule has 0 aliphatic heterocycles. The number of alkyl halides is 1. The largest absolute Gasteiger partial charge is 0.313 e. The van der Waals surface area contributed by atoms with E-state index in [1.54, 1.807) is 19.3 Å². The fourth-order valence-corrected chi connectivity index (χ4v) is 5.42. The van der Waals surface area contributed by atoms with Crippen molar-refractivity contribution < 1.29 is 0 Å². The van der Waals surface area contributed by atoms with Gasteiger partial charge in [-0.1, -0.05) is 15.9 Å². The Morgan fingerprint density at radius 1 is 1.12 bits per heavy atom. The SMILES string of the molecule is CC(NCCBr)C12CC3CC(CC(C3)C1)C2. The van der Waals surface area contributed by atoms with Gasteiger partial charge in [0.25, 0.3) is 0 Å². The summed E-state index contributed by atoms with van der Waals surface area (Å²) in [7, 11) is 0. The van der Waals surface area contributed by atoms with Crippen molar-refractivity contribution in [2.24, 2.45) is 23.2 Å². The Kier molecular flexibility index (Phi) is 3.08. The first-order valence-electron chi connectivity index (χ1n) is 7.01. The van der Waals surface area contributed by atoms with Crippen LogP contribution in [0.5, 0.6) is 0 Å². The average Bonchev–Trinajstić information content (AvgIpc) is 2.24. The second kappa shape index (κ2) is 4.28. The molecule has 0 heterocycles. The summed E-state index contributed by atoms with van der Waals surface area (Å²) in [6.45, 7) is 3.57. The van der Waals surface area contributed by atoms with Crippen LogP contribution in [0.25, 0.3) is 0 Å². The summed E-state index contributed by atoms with van der Waals surface area (Å²) in [6, 6.07) is 0.735. The van der Waals surface area contributed by atoms with Gasteiger partial charge in [-0.15, -0.1) is 0 Å². The highest BCUT2D eigenvalue weighted by molar-refractivity contribution is 9.09. The molecule has 4 bridgehead atoms. The van der Waals surface area contributed by atoms with Crippen LogP contribution in [0, 0.1) is 23.2 Å². The average molecular weight is 286 g/mol. The van der Waals surface area contributed by atoms with Crippen molar-refractivity contribution in [3.05, 3.63) is 0 Å². The van der Waals surface area contributed by atoms with E-state index in [2.05, 4.69) is 28.2 Å². The van der Waals surface area contributed by atoms with Crippen LogP contribution >= 0.6 is 15.9 Å². The van der Waals surface area contributed by atoms with E-state index in [1.807, 2.05) is 0 Å². The zero-order valence-corrected chi connectivity index (χ0v) is 11.9. The molecule has 0 saturated heterocycles. The van der Waals surface area contributed by atoms with Crippen molar-refractivity contribution in [1.29, 1.82) is 0 Å². The molecule has 4 aliphatic rings. The summed E-state index contributed by atoms with van der Waals surface area (Å²) in [5.74, 6) is 3.25. The predicted molar refractivity (Wildman–Crippen MR) is 71.9 cm³/mol. The van der Waals surface area contributed by atoms with Gasteiger partial charge in [0.15, 0.2) is 0 Å². The Morgan fingerprint density at radius 2 is 1.62 bits per heavy atom. The molecule has 0 aromatic carbocycles. The van der Waals surface area contributed by atoms with E-state index in [0.717, 1.165) is 35.7 Å². The van der Waals surface area contributed by atoms with E-state index < -0.39 is 0 Å². The van der Waals surface area contributed by atoms with Gasteiger partial charge < -0.3 is 5.32 Å². The third-order valence-corrected chi connectivity index (χ3v) is 5.95. The van der Waals surface area contributed by atoms with Crippen molar-refractivity contribution >= 4 is 15.9 Å². The third kappa shape index (κ3) is 1.86. The van der Waals surface area contributed by atoms with E-state index in [4.69, 9.17) is 0 Å². The molecule has 16 heavy (non-hydrogen) atoms. The second-order valence-electron chi connectivity index (χ2n) is 6.64. The Morgan fingerprint density at radius 3 is 2.06 bits per heavy atom. The van der Waals surface area contributed by atoms with Gasteiger partial charge in [0.1, 0.15) is 0 Å². The van der Waals surface area contributed by atoms with E-state index in [-0.39, 0.29) is 0 Å². The van der Waals surface area contributed by atoms with Crippen LogP contribution in [-0.2, 0) is 0 Å². The standard InChI is InChI=1S/C14H24BrN/c1-10(16-3-2-15)14-7-11-4-12(8-14)6-13(5-11)9-14/h10-13,16H,2-9H2,1H3. The summed E-state index contributed by atoms with van der Waals surface area (Å²) in [4.78, 5) is 0. The summed E-state index contributed by atoms with van der Waals surface area (Å²) >= 11 is 3.53. The maximum absolute atomic E-state index is 3.74. The maximum atomic E-state index is 3.74. The number of halogens is 1. The number of hydrogen-bond donors (Lipinski definition) is 1. The Bertz CT molecular complexity index is 228. The van der Waals surface area contributed by atoms with Crippen LogP contribution in [0.3, 0.4) is 0 Å². The van der Waals surface area contributed by atoms with E-state index >= 15 is 0 Å². The molecule has 4 aliphatic carbocycles. The third-order valence-electron chi connectivity index (χ3n) is 5.55. The van der Waals surface area contributed by atoms with Gasteiger partial charge >= 0.3 is 0 Å². The highest BCUT2D eigenvalue weighted by atomic mass is 79.9. The Balaban J connectivity index is 1.72. The molecule has 1 unspecified atom stereocenters. The molecule has 4 saturated carbocycles. The fraction of sp³-hybridized carbons (Fsp3) is 1.00. The minimum atomic E-state index is 0.678. The van der Waals surface area contributed by atoms with Crippen LogP contribution in [0.15, 0.2) is 0 Å². The smallest absolute Gasteiger partial charge is 0.0157 e. The van der Waals surface area contributed by atoms with Crippen LogP contribution in [0.2, 0.25) is 0 Å². The molecule has 1 nitrogen and oxygen atoms in total. The first-order chi connectivity index (χ1) is 7.72. The zero-order valence-electron chi connectivity index (χ0n) is 10.3. The molecule has 0 spiro atoms. The van der Waals surface area contributed by atoms with Crippen LogP contribution in [0.1, 0.15) is 45.4 Å². The number of rotatable bonds is 4. The molecule has 1 atom stereocenters. The highest BCUT2D eigenvalue weighted by Gasteiger charge is 2.52. The zero-order chi connectivity index (χ0) is 11.2. The Labute approximate surface area is 108 Å². The number of hydrogen-bond acceptors (Lipinski definition) is 1. The maximum Gasteiger partial charge on any atom is 0.0157 e. The van der Waals surface area contributed by atoms with Gasteiger partial charge in [0.05, 0.1) is 0 Å². The second-order valence-corrected chi connectivity index (χ2v) is 7.44. The van der Waals surface area contributed by atoms with Crippen molar-refractivity contribution in [3.8, 4) is 0 Å². The minimum Gasteiger partial charge on any atom is -0.313 e. The van der Waals surface area contributed by atoms with E-state index in [0.29, 0.717) is 5.41 Å². The lowest BCUT2D eigenvalue weighted by molar-refractivity contribution is -0.0700. The molecule has 1 N–H and O–H groups in total. The van der Waals surface area contributed by atoms with Crippen molar-refractivity contribution in [3.63, 3.8) is 0 Å². The highest BCUT2D eigenvalue weighted by Crippen LogP contribution is 2.61. The normalized spacial score (nSPS) is 47.2. The van der Waals surface area contributed by atoms with Crippen LogP contribution in [0.4, 0.5) is 0 Å². The van der Waals surface area contributed by atoms with Gasteiger partial charge in [-0.05, 0) is 68.6 Å². The topological polar surface area (TPSA) is 12.0 Å². The first kappa shape index (κ1) is 11.5. The van der Waals surface area contributed by atoms with Crippen LogP contribution in [-0.4, -0.2) is 17.9 Å². The van der Waals surface area contributed by atoms with Crippen molar-refractivity contribution in [1.82, 2.24) is 5.32 Å². The first-order valence-corrected chi connectivity index (χ1v) is 8.13. The van der Waals surface area contributed by atoms with Gasteiger partial charge in [0, 0.05) is 17.9 Å². The minimum absolute atomic E-state index is 0.678. The molecule has 0 radical (unpaired) electrons. The van der Waals surface area contributed by atoms with E-state index in [9.17, 15) is 0 Å². The lowest BCUT2D eigenvalue weighted by Gasteiger charge is -2.59. The van der Waals surface area contributed by atoms with Crippen molar-refractivity contribution in [2.45, 2.75) is 51.5 Å². The van der Waals surface area contributed by atoms with Gasteiger partial charge in [-0.3, -0.25) is 0 Å². The summed E-state index contributed by atoms with van der Waals surface area (Å²) in [5, 5.41) is 4.83. The molecule has 4 rings (SSSR count). The van der Waals surface area contributed by atoms with Crippen LogP contribution < -0.4 is 5.32 Å². The predicted octanol–water partition coefficient (Wildman–Crippen LogP) is 3.58. The molecule has 2 heteroatoms. The van der Waals surface area contributed by atoms with E-state index in [1.165, 1.54) is 19.3 Å². The summed E-state index contributed by atoms with van der Waals surface area (Å²) < 4.78 is 0.